The minimum Gasteiger partial charge on any atom is -0.338 e. The lowest BCUT2D eigenvalue weighted by Gasteiger charge is -2.34. The molecule has 1 aromatic carbocycles. The highest BCUT2D eigenvalue weighted by Gasteiger charge is 2.28. The van der Waals surface area contributed by atoms with Crippen LogP contribution in [0.3, 0.4) is 0 Å². The zero-order chi connectivity index (χ0) is 13.1. The lowest BCUT2D eigenvalue weighted by Crippen LogP contribution is -2.37. The molecule has 0 fully saturated rings. The summed E-state index contributed by atoms with van der Waals surface area (Å²) in [6.45, 7) is 2.03. The van der Waals surface area contributed by atoms with Crippen molar-refractivity contribution < 1.29 is 4.79 Å². The van der Waals surface area contributed by atoms with Gasteiger partial charge in [0.2, 0.25) is 5.91 Å². The second kappa shape index (κ2) is 5.87. The van der Waals surface area contributed by atoms with Gasteiger partial charge >= 0.3 is 0 Å². The summed E-state index contributed by atoms with van der Waals surface area (Å²) in [5.74, 6) is 0.194. The summed E-state index contributed by atoms with van der Waals surface area (Å²) in [5, 5.41) is 0. The molecule has 0 saturated heterocycles. The molecule has 1 amide bonds. The van der Waals surface area contributed by atoms with Crippen molar-refractivity contribution >= 4 is 21.8 Å². The van der Waals surface area contributed by atoms with E-state index in [0.717, 1.165) is 19.3 Å². The number of amides is 1. The number of hydrogen-bond acceptors (Lipinski definition) is 1. The van der Waals surface area contributed by atoms with Gasteiger partial charge in [-0.2, -0.15) is 0 Å². The molecule has 0 spiro atoms. The maximum absolute atomic E-state index is 12.3. The van der Waals surface area contributed by atoms with Gasteiger partial charge in [-0.05, 0) is 36.8 Å². The summed E-state index contributed by atoms with van der Waals surface area (Å²) < 4.78 is 0. The highest BCUT2D eigenvalue weighted by molar-refractivity contribution is 9.10. The van der Waals surface area contributed by atoms with Gasteiger partial charge in [-0.3, -0.25) is 4.79 Å². The van der Waals surface area contributed by atoms with Crippen molar-refractivity contribution in [1.82, 2.24) is 4.90 Å². The van der Waals surface area contributed by atoms with E-state index in [-0.39, 0.29) is 16.8 Å². The first-order valence-corrected chi connectivity index (χ1v) is 7.55. The SMILES string of the molecule is CCC(Br)C(=O)N(C)C1CCCc2ccccc21. The Hall–Kier alpha value is -0.830. The Bertz CT molecular complexity index is 432. The molecule has 18 heavy (non-hydrogen) atoms. The number of hydrogen-bond donors (Lipinski definition) is 0. The van der Waals surface area contributed by atoms with Crippen molar-refractivity contribution in [1.29, 1.82) is 0 Å². The van der Waals surface area contributed by atoms with E-state index in [0.29, 0.717) is 0 Å². The predicted molar refractivity (Wildman–Crippen MR) is 77.9 cm³/mol. The summed E-state index contributed by atoms with van der Waals surface area (Å²) in [6.07, 6.45) is 4.21. The van der Waals surface area contributed by atoms with Crippen LogP contribution in [0.2, 0.25) is 0 Å². The normalized spacial score (nSPS) is 20.1. The molecule has 2 rings (SSSR count). The maximum atomic E-state index is 12.3. The number of fused-ring (bicyclic) bond motifs is 1. The molecular weight excluding hydrogens is 290 g/mol. The van der Waals surface area contributed by atoms with Gasteiger partial charge in [0.1, 0.15) is 0 Å². The average molecular weight is 310 g/mol. The van der Waals surface area contributed by atoms with Gasteiger partial charge in [0.25, 0.3) is 0 Å². The van der Waals surface area contributed by atoms with Gasteiger partial charge in [0.05, 0.1) is 10.9 Å². The molecule has 3 heteroatoms. The first-order valence-electron chi connectivity index (χ1n) is 6.63. The molecule has 0 aliphatic heterocycles. The molecule has 0 saturated carbocycles. The van der Waals surface area contributed by atoms with Crippen LogP contribution in [0.4, 0.5) is 0 Å². The topological polar surface area (TPSA) is 20.3 Å². The maximum Gasteiger partial charge on any atom is 0.236 e. The number of rotatable bonds is 3. The summed E-state index contributed by atoms with van der Waals surface area (Å²) >= 11 is 3.46. The van der Waals surface area contributed by atoms with Crippen molar-refractivity contribution in [2.45, 2.75) is 43.5 Å². The third-order valence-corrected chi connectivity index (χ3v) is 4.82. The minimum atomic E-state index is -0.0587. The quantitative estimate of drug-likeness (QED) is 0.780. The van der Waals surface area contributed by atoms with Gasteiger partial charge in [-0.1, -0.05) is 47.1 Å². The molecule has 2 unspecified atom stereocenters. The van der Waals surface area contributed by atoms with Crippen LogP contribution in [0, 0.1) is 0 Å². The highest BCUT2D eigenvalue weighted by Crippen LogP contribution is 2.34. The summed E-state index contributed by atoms with van der Waals surface area (Å²) in [4.78, 5) is 14.1. The van der Waals surface area contributed by atoms with E-state index in [2.05, 4.69) is 40.2 Å². The van der Waals surface area contributed by atoms with Crippen LogP contribution in [-0.4, -0.2) is 22.7 Å². The number of aryl methyl sites for hydroxylation is 1. The van der Waals surface area contributed by atoms with Crippen molar-refractivity contribution in [2.75, 3.05) is 7.05 Å². The zero-order valence-corrected chi connectivity index (χ0v) is 12.6. The molecule has 0 heterocycles. The lowest BCUT2D eigenvalue weighted by molar-refractivity contribution is -0.131. The fraction of sp³-hybridized carbons (Fsp3) is 0.533. The Kier molecular flexibility index (Phi) is 4.44. The van der Waals surface area contributed by atoms with E-state index in [1.807, 2.05) is 18.9 Å². The number of halogens is 1. The molecule has 1 aromatic rings. The summed E-state index contributed by atoms with van der Waals surface area (Å²) in [6, 6.07) is 8.75. The molecule has 98 valence electrons. The van der Waals surface area contributed by atoms with Crippen molar-refractivity contribution in [3.05, 3.63) is 35.4 Å². The fourth-order valence-corrected chi connectivity index (χ4v) is 3.00. The van der Waals surface area contributed by atoms with E-state index < -0.39 is 0 Å². The first-order chi connectivity index (χ1) is 8.65. The Labute approximate surface area is 117 Å². The van der Waals surface area contributed by atoms with E-state index in [9.17, 15) is 4.79 Å². The predicted octanol–water partition coefficient (Wildman–Crippen LogP) is 3.70. The van der Waals surface area contributed by atoms with Crippen LogP contribution in [-0.2, 0) is 11.2 Å². The third kappa shape index (κ3) is 2.61. The smallest absolute Gasteiger partial charge is 0.236 e. The highest BCUT2D eigenvalue weighted by atomic mass is 79.9. The molecule has 0 radical (unpaired) electrons. The average Bonchev–Trinajstić information content (AvgIpc) is 2.44. The van der Waals surface area contributed by atoms with Crippen LogP contribution in [0.15, 0.2) is 24.3 Å². The van der Waals surface area contributed by atoms with Crippen LogP contribution in [0.5, 0.6) is 0 Å². The largest absolute Gasteiger partial charge is 0.338 e. The summed E-state index contributed by atoms with van der Waals surface area (Å²) in [5.41, 5.74) is 2.73. The Balaban J connectivity index is 2.22. The van der Waals surface area contributed by atoms with Crippen molar-refractivity contribution in [3.8, 4) is 0 Å². The molecule has 0 bridgehead atoms. The number of alkyl halides is 1. The van der Waals surface area contributed by atoms with Gasteiger partial charge in [0.15, 0.2) is 0 Å². The van der Waals surface area contributed by atoms with Crippen LogP contribution in [0.1, 0.15) is 43.4 Å². The minimum absolute atomic E-state index is 0.0587. The molecule has 2 nitrogen and oxygen atoms in total. The molecule has 0 N–H and O–H groups in total. The Morgan fingerprint density at radius 3 is 2.94 bits per heavy atom. The van der Waals surface area contributed by atoms with Gasteiger partial charge < -0.3 is 4.90 Å². The van der Waals surface area contributed by atoms with Gasteiger partial charge in [-0.15, -0.1) is 0 Å². The van der Waals surface area contributed by atoms with E-state index in [1.54, 1.807) is 0 Å². The molecular formula is C15H20BrNO. The third-order valence-electron chi connectivity index (χ3n) is 3.78. The second-order valence-corrected chi connectivity index (χ2v) is 6.04. The van der Waals surface area contributed by atoms with Crippen LogP contribution >= 0.6 is 15.9 Å². The number of nitrogens with zero attached hydrogens (tertiary/aromatic N) is 1. The number of benzene rings is 1. The van der Waals surface area contributed by atoms with Crippen molar-refractivity contribution in [3.63, 3.8) is 0 Å². The molecule has 1 aliphatic rings. The number of carbonyl (C=O) groups excluding carboxylic acids is 1. The van der Waals surface area contributed by atoms with Gasteiger partial charge in [-0.25, -0.2) is 0 Å². The van der Waals surface area contributed by atoms with E-state index in [4.69, 9.17) is 0 Å². The summed E-state index contributed by atoms with van der Waals surface area (Å²) in [7, 11) is 1.93. The fourth-order valence-electron chi connectivity index (χ4n) is 2.68. The van der Waals surface area contributed by atoms with Crippen LogP contribution in [0.25, 0.3) is 0 Å². The molecule has 0 aromatic heterocycles. The Morgan fingerprint density at radius 1 is 1.50 bits per heavy atom. The number of carbonyl (C=O) groups is 1. The van der Waals surface area contributed by atoms with Gasteiger partial charge in [0, 0.05) is 7.05 Å². The lowest BCUT2D eigenvalue weighted by atomic mass is 9.87. The van der Waals surface area contributed by atoms with E-state index in [1.165, 1.54) is 17.5 Å². The Morgan fingerprint density at radius 2 is 2.22 bits per heavy atom. The second-order valence-electron chi connectivity index (χ2n) is 4.93. The standard InChI is InChI=1S/C15H20BrNO/c1-3-13(16)15(18)17(2)14-10-6-8-11-7-4-5-9-12(11)14/h4-5,7,9,13-14H,3,6,8,10H2,1-2H3. The molecule has 1 aliphatic carbocycles. The van der Waals surface area contributed by atoms with E-state index >= 15 is 0 Å². The van der Waals surface area contributed by atoms with Crippen molar-refractivity contribution in [2.24, 2.45) is 0 Å². The monoisotopic (exact) mass is 309 g/mol. The first kappa shape index (κ1) is 13.6. The zero-order valence-electron chi connectivity index (χ0n) is 11.0. The van der Waals surface area contributed by atoms with Crippen LogP contribution < -0.4 is 0 Å². The molecule has 2 atom stereocenters.